The van der Waals surface area contributed by atoms with E-state index in [-0.39, 0.29) is 5.91 Å². The van der Waals surface area contributed by atoms with Crippen molar-refractivity contribution in [2.45, 2.75) is 39.5 Å². The van der Waals surface area contributed by atoms with Gasteiger partial charge >= 0.3 is 0 Å². The molecule has 1 aromatic heterocycles. The molecule has 144 valence electrons. The molecule has 1 atom stereocenters. The lowest BCUT2D eigenvalue weighted by atomic mass is 9.89. The molecule has 0 unspecified atom stereocenters. The van der Waals surface area contributed by atoms with Gasteiger partial charge in [-0.15, -0.1) is 0 Å². The highest BCUT2D eigenvalue weighted by Crippen LogP contribution is 2.30. The van der Waals surface area contributed by atoms with Gasteiger partial charge in [0.25, 0.3) is 5.91 Å². The number of benzene rings is 2. The molecule has 1 aliphatic rings. The number of aryl methyl sites for hydroxylation is 1. The Morgan fingerprint density at radius 3 is 2.61 bits per heavy atom. The van der Waals surface area contributed by atoms with Crippen LogP contribution in [0.3, 0.4) is 0 Å². The molecule has 28 heavy (non-hydrogen) atoms. The zero-order valence-electron chi connectivity index (χ0n) is 16.7. The average molecular weight is 373 g/mol. The predicted molar refractivity (Wildman–Crippen MR) is 114 cm³/mol. The van der Waals surface area contributed by atoms with Crippen LogP contribution in [0.4, 0.5) is 0 Å². The predicted octanol–water partition coefficient (Wildman–Crippen LogP) is 4.88. The minimum absolute atomic E-state index is 0.0115. The van der Waals surface area contributed by atoms with Crippen LogP contribution in [-0.4, -0.2) is 17.0 Å². The first-order chi connectivity index (χ1) is 13.6. The number of carbonyl (C=O) groups is 1. The van der Waals surface area contributed by atoms with Gasteiger partial charge in [-0.25, -0.2) is 0 Å². The van der Waals surface area contributed by atoms with E-state index in [0.29, 0.717) is 12.1 Å². The third-order valence-electron chi connectivity index (χ3n) is 5.75. The van der Waals surface area contributed by atoms with Crippen molar-refractivity contribution in [3.05, 3.63) is 88.7 Å². The third kappa shape index (κ3) is 3.89. The molecule has 0 bridgehead atoms. The van der Waals surface area contributed by atoms with Crippen LogP contribution in [0.25, 0.3) is 5.69 Å². The van der Waals surface area contributed by atoms with Crippen LogP contribution in [0.15, 0.2) is 60.7 Å². The summed E-state index contributed by atoms with van der Waals surface area (Å²) < 4.78 is 2.36. The van der Waals surface area contributed by atoms with Gasteiger partial charge in [0.2, 0.25) is 0 Å². The van der Waals surface area contributed by atoms with Gasteiger partial charge in [-0.2, -0.15) is 0 Å². The summed E-state index contributed by atoms with van der Waals surface area (Å²) in [4.78, 5) is 12.5. The second-order valence-corrected chi connectivity index (χ2v) is 7.98. The molecule has 1 amide bonds. The first-order valence-corrected chi connectivity index (χ1v) is 10.2. The summed E-state index contributed by atoms with van der Waals surface area (Å²) in [5.74, 6) is 0.757. The Balaban J connectivity index is 1.43. The SMILES string of the molecule is Cc1cc2c(n1-c1ccc(C(=O)NCCc3ccccc3)cc1)CC[C@H](C)C2. The fraction of sp³-hybridized carbons (Fsp3) is 0.320. The molecule has 0 saturated heterocycles. The maximum absolute atomic E-state index is 12.5. The molecule has 3 aromatic rings. The van der Waals surface area contributed by atoms with E-state index >= 15 is 0 Å². The molecular weight excluding hydrogens is 344 g/mol. The molecule has 1 heterocycles. The van der Waals surface area contributed by atoms with Crippen molar-refractivity contribution in [2.24, 2.45) is 5.92 Å². The van der Waals surface area contributed by atoms with Crippen LogP contribution >= 0.6 is 0 Å². The molecule has 0 fully saturated rings. The van der Waals surface area contributed by atoms with Crippen molar-refractivity contribution in [1.29, 1.82) is 0 Å². The third-order valence-corrected chi connectivity index (χ3v) is 5.75. The van der Waals surface area contributed by atoms with Crippen molar-refractivity contribution in [2.75, 3.05) is 6.54 Å². The molecule has 4 rings (SSSR count). The van der Waals surface area contributed by atoms with Gasteiger partial charge in [0.15, 0.2) is 0 Å². The second-order valence-electron chi connectivity index (χ2n) is 7.98. The van der Waals surface area contributed by atoms with Gasteiger partial charge in [0.1, 0.15) is 0 Å². The van der Waals surface area contributed by atoms with E-state index in [2.05, 4.69) is 54.1 Å². The van der Waals surface area contributed by atoms with E-state index in [4.69, 9.17) is 0 Å². The van der Waals surface area contributed by atoms with E-state index in [1.807, 2.05) is 30.3 Å². The molecule has 1 aliphatic carbocycles. The molecular formula is C25H28N2O. The number of nitrogens with one attached hydrogen (secondary N) is 1. The van der Waals surface area contributed by atoms with Crippen molar-refractivity contribution in [1.82, 2.24) is 9.88 Å². The number of fused-ring (bicyclic) bond motifs is 1. The molecule has 3 nitrogen and oxygen atoms in total. The number of rotatable bonds is 5. The van der Waals surface area contributed by atoms with Crippen LogP contribution in [0.5, 0.6) is 0 Å². The summed E-state index contributed by atoms with van der Waals surface area (Å²) in [6.07, 6.45) is 4.40. The quantitative estimate of drug-likeness (QED) is 0.680. The Morgan fingerprint density at radius 2 is 1.86 bits per heavy atom. The number of hydrogen-bond donors (Lipinski definition) is 1. The van der Waals surface area contributed by atoms with Crippen molar-refractivity contribution in [3.63, 3.8) is 0 Å². The largest absolute Gasteiger partial charge is 0.352 e. The monoisotopic (exact) mass is 372 g/mol. The zero-order chi connectivity index (χ0) is 19.5. The Bertz CT molecular complexity index is 954. The van der Waals surface area contributed by atoms with Gasteiger partial charge in [0.05, 0.1) is 0 Å². The minimum atomic E-state index is -0.0115. The minimum Gasteiger partial charge on any atom is -0.352 e. The highest BCUT2D eigenvalue weighted by Gasteiger charge is 2.21. The number of hydrogen-bond acceptors (Lipinski definition) is 1. The second kappa shape index (κ2) is 8.05. The lowest BCUT2D eigenvalue weighted by molar-refractivity contribution is 0.0954. The van der Waals surface area contributed by atoms with Gasteiger partial charge in [-0.3, -0.25) is 4.79 Å². The molecule has 1 N–H and O–H groups in total. The van der Waals surface area contributed by atoms with Crippen molar-refractivity contribution in [3.8, 4) is 5.69 Å². The van der Waals surface area contributed by atoms with Crippen LogP contribution in [0, 0.1) is 12.8 Å². The lowest BCUT2D eigenvalue weighted by Crippen LogP contribution is -2.25. The van der Waals surface area contributed by atoms with Crippen LogP contribution in [0.2, 0.25) is 0 Å². The number of amides is 1. The standard InChI is InChI=1S/C25H28N2O/c1-18-8-13-24-22(16-18)17-19(2)27(24)23-11-9-21(10-12-23)25(28)26-15-14-20-6-4-3-5-7-20/h3-7,9-12,17-18H,8,13-16H2,1-2H3,(H,26,28)/t18-/m0/s1. The van der Waals surface area contributed by atoms with Crippen LogP contribution in [0.1, 0.15) is 46.2 Å². The van der Waals surface area contributed by atoms with E-state index in [1.165, 1.54) is 35.4 Å². The summed E-state index contributed by atoms with van der Waals surface area (Å²) >= 11 is 0. The summed E-state index contributed by atoms with van der Waals surface area (Å²) in [6, 6.07) is 20.6. The lowest BCUT2D eigenvalue weighted by Gasteiger charge is -2.21. The van der Waals surface area contributed by atoms with E-state index in [0.717, 1.165) is 24.4 Å². The molecule has 0 spiro atoms. The smallest absolute Gasteiger partial charge is 0.251 e. The van der Waals surface area contributed by atoms with Gasteiger partial charge < -0.3 is 9.88 Å². The summed E-state index contributed by atoms with van der Waals surface area (Å²) in [7, 11) is 0. The Labute approximate surface area is 167 Å². The number of nitrogens with zero attached hydrogens (tertiary/aromatic N) is 1. The van der Waals surface area contributed by atoms with Crippen LogP contribution in [-0.2, 0) is 19.3 Å². The zero-order valence-corrected chi connectivity index (χ0v) is 16.7. The van der Waals surface area contributed by atoms with Crippen LogP contribution < -0.4 is 5.32 Å². The van der Waals surface area contributed by atoms with E-state index in [1.54, 1.807) is 0 Å². The maximum Gasteiger partial charge on any atom is 0.251 e. The molecule has 0 saturated carbocycles. The molecule has 0 radical (unpaired) electrons. The van der Waals surface area contributed by atoms with Crippen molar-refractivity contribution >= 4 is 5.91 Å². The van der Waals surface area contributed by atoms with E-state index in [9.17, 15) is 4.79 Å². The fourth-order valence-corrected chi connectivity index (χ4v) is 4.25. The molecule has 0 aliphatic heterocycles. The average Bonchev–Trinajstić information content (AvgIpc) is 3.03. The summed E-state index contributed by atoms with van der Waals surface area (Å²) in [6.45, 7) is 5.15. The number of aromatic nitrogens is 1. The normalized spacial score (nSPS) is 15.9. The van der Waals surface area contributed by atoms with E-state index < -0.39 is 0 Å². The topological polar surface area (TPSA) is 34.0 Å². The first-order valence-electron chi connectivity index (χ1n) is 10.2. The van der Waals surface area contributed by atoms with Gasteiger partial charge in [-0.05, 0) is 80.0 Å². The van der Waals surface area contributed by atoms with Crippen molar-refractivity contribution < 1.29 is 4.79 Å². The Kier molecular flexibility index (Phi) is 5.34. The highest BCUT2D eigenvalue weighted by molar-refractivity contribution is 5.94. The first kappa shape index (κ1) is 18.5. The highest BCUT2D eigenvalue weighted by atomic mass is 16.1. The molecule has 2 aromatic carbocycles. The summed E-state index contributed by atoms with van der Waals surface area (Å²) in [5.41, 5.74) is 7.30. The Morgan fingerprint density at radius 1 is 1.11 bits per heavy atom. The van der Waals surface area contributed by atoms with Gasteiger partial charge in [-0.1, -0.05) is 37.3 Å². The number of carbonyl (C=O) groups excluding carboxylic acids is 1. The summed E-state index contributed by atoms with van der Waals surface area (Å²) in [5, 5.41) is 3.02. The van der Waals surface area contributed by atoms with Gasteiger partial charge in [0, 0.05) is 29.2 Å². The Hall–Kier alpha value is -2.81. The maximum atomic E-state index is 12.5. The molecule has 3 heteroatoms. The fourth-order valence-electron chi connectivity index (χ4n) is 4.25.